The molecule has 1 amide bonds. The zero-order valence-corrected chi connectivity index (χ0v) is 14.0. The smallest absolute Gasteiger partial charge is 0.251 e. The highest BCUT2D eigenvalue weighted by Crippen LogP contribution is 2.25. The molecule has 0 radical (unpaired) electrons. The monoisotopic (exact) mass is 320 g/mol. The third kappa shape index (κ3) is 6.29. The molecule has 0 aliphatic carbocycles. The largest absolute Gasteiger partial charge is 0.382 e. The lowest BCUT2D eigenvalue weighted by molar-refractivity contribution is 0.0688. The summed E-state index contributed by atoms with van der Waals surface area (Å²) in [5, 5.41) is 6.33. The maximum atomic E-state index is 12.2. The minimum atomic E-state index is -0.00215. The first-order valence-corrected chi connectivity index (χ1v) is 8.47. The van der Waals surface area contributed by atoms with E-state index in [0.29, 0.717) is 32.3 Å². The van der Waals surface area contributed by atoms with E-state index < -0.39 is 0 Å². The lowest BCUT2D eigenvalue weighted by Crippen LogP contribution is -2.27. The number of methoxy groups -OCH3 is 1. The summed E-state index contributed by atoms with van der Waals surface area (Å²) in [5.74, 6) is 0.566. The third-order valence-electron chi connectivity index (χ3n) is 4.14. The summed E-state index contributed by atoms with van der Waals surface area (Å²) in [6, 6.07) is 8.05. The summed E-state index contributed by atoms with van der Waals surface area (Å²) in [6.45, 7) is 4.59. The minimum absolute atomic E-state index is 0.00215. The lowest BCUT2D eigenvalue weighted by atomic mass is 9.89. The van der Waals surface area contributed by atoms with Crippen LogP contribution in [-0.4, -0.2) is 52.5 Å². The van der Waals surface area contributed by atoms with E-state index in [0.717, 1.165) is 37.9 Å². The quantitative estimate of drug-likeness (QED) is 0.683. The fraction of sp³-hybridized carbons (Fsp3) is 0.611. The van der Waals surface area contributed by atoms with Crippen molar-refractivity contribution in [3.8, 4) is 0 Å². The van der Waals surface area contributed by atoms with Crippen LogP contribution in [0.2, 0.25) is 0 Å². The van der Waals surface area contributed by atoms with Crippen molar-refractivity contribution in [3.05, 3.63) is 35.4 Å². The lowest BCUT2D eigenvalue weighted by Gasteiger charge is -2.23. The molecular weight excluding hydrogens is 292 g/mol. The molecule has 0 spiro atoms. The van der Waals surface area contributed by atoms with Gasteiger partial charge in [0.2, 0.25) is 0 Å². The Balaban J connectivity index is 1.73. The van der Waals surface area contributed by atoms with Gasteiger partial charge in [0.1, 0.15) is 0 Å². The van der Waals surface area contributed by atoms with Crippen LogP contribution in [0.1, 0.15) is 41.1 Å². The van der Waals surface area contributed by atoms with Crippen LogP contribution >= 0.6 is 0 Å². The fourth-order valence-corrected chi connectivity index (χ4v) is 2.81. The zero-order chi connectivity index (χ0) is 16.3. The molecule has 0 unspecified atom stereocenters. The van der Waals surface area contributed by atoms with Gasteiger partial charge < -0.3 is 20.1 Å². The van der Waals surface area contributed by atoms with E-state index in [-0.39, 0.29) is 5.91 Å². The summed E-state index contributed by atoms with van der Waals surface area (Å²) in [6.07, 6.45) is 3.09. The van der Waals surface area contributed by atoms with E-state index in [1.165, 1.54) is 5.56 Å². The first-order valence-electron chi connectivity index (χ1n) is 8.47. The summed E-state index contributed by atoms with van der Waals surface area (Å²) >= 11 is 0. The van der Waals surface area contributed by atoms with Crippen LogP contribution in [0.3, 0.4) is 0 Å². The highest BCUT2D eigenvalue weighted by molar-refractivity contribution is 5.94. The first-order chi connectivity index (χ1) is 11.3. The Morgan fingerprint density at radius 3 is 2.87 bits per heavy atom. The summed E-state index contributed by atoms with van der Waals surface area (Å²) in [4.78, 5) is 12.2. The van der Waals surface area contributed by atoms with Crippen molar-refractivity contribution in [2.45, 2.75) is 25.2 Å². The zero-order valence-electron chi connectivity index (χ0n) is 14.0. The Morgan fingerprint density at radius 1 is 1.26 bits per heavy atom. The predicted octanol–water partition coefficient (Wildman–Crippen LogP) is 1.94. The van der Waals surface area contributed by atoms with Crippen LogP contribution in [0.4, 0.5) is 0 Å². The van der Waals surface area contributed by atoms with Crippen LogP contribution in [0.25, 0.3) is 0 Å². The molecule has 1 aromatic carbocycles. The van der Waals surface area contributed by atoms with Crippen LogP contribution in [0.5, 0.6) is 0 Å². The van der Waals surface area contributed by atoms with Crippen molar-refractivity contribution < 1.29 is 14.3 Å². The van der Waals surface area contributed by atoms with E-state index in [1.54, 1.807) is 7.11 Å². The van der Waals surface area contributed by atoms with Gasteiger partial charge in [0.05, 0.1) is 13.2 Å². The molecule has 128 valence electrons. The van der Waals surface area contributed by atoms with E-state index in [1.807, 2.05) is 18.2 Å². The average molecular weight is 320 g/mol. The molecule has 1 aliphatic heterocycles. The van der Waals surface area contributed by atoms with Gasteiger partial charge in [-0.2, -0.15) is 0 Å². The maximum Gasteiger partial charge on any atom is 0.251 e. The van der Waals surface area contributed by atoms with Gasteiger partial charge in [0.15, 0.2) is 0 Å². The molecule has 0 atom stereocenters. The molecule has 0 bridgehead atoms. The minimum Gasteiger partial charge on any atom is -0.382 e. The Kier molecular flexibility index (Phi) is 8.07. The highest BCUT2D eigenvalue weighted by atomic mass is 16.5. The molecule has 1 saturated heterocycles. The average Bonchev–Trinajstić information content (AvgIpc) is 2.61. The van der Waals surface area contributed by atoms with Crippen molar-refractivity contribution in [2.75, 3.05) is 46.6 Å². The molecule has 5 nitrogen and oxygen atoms in total. The Morgan fingerprint density at radius 2 is 2.09 bits per heavy atom. The molecule has 5 heteroatoms. The number of benzene rings is 1. The van der Waals surface area contributed by atoms with Gasteiger partial charge in [0.25, 0.3) is 5.91 Å². The highest BCUT2D eigenvalue weighted by Gasteiger charge is 2.16. The molecule has 23 heavy (non-hydrogen) atoms. The second-order valence-corrected chi connectivity index (χ2v) is 5.86. The number of piperidine rings is 1. The summed E-state index contributed by atoms with van der Waals surface area (Å²) in [7, 11) is 1.65. The molecule has 0 aromatic heterocycles. The van der Waals surface area contributed by atoms with E-state index in [4.69, 9.17) is 9.47 Å². The molecule has 1 aromatic rings. The van der Waals surface area contributed by atoms with Crippen LogP contribution < -0.4 is 10.6 Å². The molecule has 0 saturated carbocycles. The number of amides is 1. The summed E-state index contributed by atoms with van der Waals surface area (Å²) in [5.41, 5.74) is 2.03. The van der Waals surface area contributed by atoms with Crippen molar-refractivity contribution in [1.29, 1.82) is 0 Å². The molecule has 1 fully saturated rings. The molecular formula is C18H28N2O3. The molecule has 2 rings (SSSR count). The molecule has 1 heterocycles. The second-order valence-electron chi connectivity index (χ2n) is 5.86. The molecule has 1 aliphatic rings. The van der Waals surface area contributed by atoms with Crippen molar-refractivity contribution in [3.63, 3.8) is 0 Å². The van der Waals surface area contributed by atoms with Crippen molar-refractivity contribution in [1.82, 2.24) is 10.6 Å². The van der Waals surface area contributed by atoms with Crippen LogP contribution in [0, 0.1) is 0 Å². The van der Waals surface area contributed by atoms with Crippen molar-refractivity contribution in [2.24, 2.45) is 0 Å². The molecule has 2 N–H and O–H groups in total. The first kappa shape index (κ1) is 17.9. The number of carbonyl (C=O) groups excluding carboxylic acids is 1. The van der Waals surface area contributed by atoms with Crippen molar-refractivity contribution >= 4 is 5.91 Å². The second kappa shape index (κ2) is 10.4. The van der Waals surface area contributed by atoms with Gasteiger partial charge in [-0.1, -0.05) is 12.1 Å². The van der Waals surface area contributed by atoms with Gasteiger partial charge in [-0.15, -0.1) is 0 Å². The number of nitrogens with one attached hydrogen (secondary N) is 2. The summed E-state index contributed by atoms with van der Waals surface area (Å²) < 4.78 is 10.3. The third-order valence-corrected chi connectivity index (χ3v) is 4.14. The van der Waals surface area contributed by atoms with Gasteiger partial charge >= 0.3 is 0 Å². The number of hydrogen-bond donors (Lipinski definition) is 2. The van der Waals surface area contributed by atoms with Crippen LogP contribution in [0.15, 0.2) is 24.3 Å². The van der Waals surface area contributed by atoms with Gasteiger partial charge in [-0.05, 0) is 56.0 Å². The number of rotatable bonds is 9. The predicted molar refractivity (Wildman–Crippen MR) is 90.9 cm³/mol. The van der Waals surface area contributed by atoms with E-state index >= 15 is 0 Å². The Hall–Kier alpha value is -1.43. The SMILES string of the molecule is COCCOCCCNC(=O)c1cccc(C2CCNCC2)c1. The Labute approximate surface area is 138 Å². The van der Waals surface area contributed by atoms with E-state index in [2.05, 4.69) is 16.7 Å². The topological polar surface area (TPSA) is 59.6 Å². The number of hydrogen-bond acceptors (Lipinski definition) is 4. The van der Waals surface area contributed by atoms with Gasteiger partial charge in [0, 0.05) is 25.8 Å². The Bertz CT molecular complexity index is 473. The number of carbonyl (C=O) groups is 1. The van der Waals surface area contributed by atoms with Gasteiger partial charge in [-0.3, -0.25) is 4.79 Å². The normalized spacial score (nSPS) is 15.5. The van der Waals surface area contributed by atoms with E-state index in [9.17, 15) is 4.79 Å². The standard InChI is InChI=1S/C18H28N2O3/c1-22-12-13-23-11-3-8-20-18(21)17-5-2-4-16(14-17)15-6-9-19-10-7-15/h2,4-5,14-15,19H,3,6-13H2,1H3,(H,20,21). The fourth-order valence-electron chi connectivity index (χ4n) is 2.81. The maximum absolute atomic E-state index is 12.2. The number of ether oxygens (including phenoxy) is 2. The van der Waals surface area contributed by atoms with Gasteiger partial charge in [-0.25, -0.2) is 0 Å². The van der Waals surface area contributed by atoms with Crippen LogP contribution in [-0.2, 0) is 9.47 Å².